The van der Waals surface area contributed by atoms with Crippen LogP contribution >= 0.6 is 0 Å². The molecular formula is C14H16NO6-. The molecule has 2 aliphatic rings. The van der Waals surface area contributed by atoms with Gasteiger partial charge in [-0.2, -0.15) is 0 Å². The minimum atomic E-state index is -1.51. The first kappa shape index (κ1) is 14.1. The van der Waals surface area contributed by atoms with Gasteiger partial charge in [0.2, 0.25) is 6.10 Å². The van der Waals surface area contributed by atoms with E-state index in [2.05, 4.69) is 0 Å². The maximum Gasteiger partial charge on any atom is 0.350 e. The number of benzene rings is 1. The highest BCUT2D eigenvalue weighted by atomic mass is 16.8. The van der Waals surface area contributed by atoms with Crippen molar-refractivity contribution in [2.24, 2.45) is 0 Å². The summed E-state index contributed by atoms with van der Waals surface area (Å²) in [7, 11) is 0. The van der Waals surface area contributed by atoms with Crippen LogP contribution in [0.15, 0.2) is 12.1 Å². The maximum atomic E-state index is 12.0. The van der Waals surface area contributed by atoms with Gasteiger partial charge in [-0.3, -0.25) is 5.21 Å². The average molecular weight is 294 g/mol. The van der Waals surface area contributed by atoms with Crippen molar-refractivity contribution in [3.8, 4) is 5.75 Å². The lowest BCUT2D eigenvalue weighted by Gasteiger charge is -2.34. The predicted octanol–water partition coefficient (Wildman–Crippen LogP) is 1.23. The number of nitrogens with zero attached hydrogens (tertiary/aromatic N) is 1. The Kier molecular flexibility index (Phi) is 3.27. The van der Waals surface area contributed by atoms with Gasteiger partial charge in [0.1, 0.15) is 11.4 Å². The fraction of sp³-hybridized carbons (Fsp3) is 0.500. The van der Waals surface area contributed by atoms with E-state index in [1.165, 1.54) is 12.1 Å². The van der Waals surface area contributed by atoms with Crippen LogP contribution in [0.1, 0.15) is 30.9 Å². The summed E-state index contributed by atoms with van der Waals surface area (Å²) in [5, 5.41) is 31.1. The van der Waals surface area contributed by atoms with Crippen LogP contribution in [0.5, 0.6) is 5.75 Å². The minimum absolute atomic E-state index is 0.0694. The number of carbonyl (C=O) groups is 1. The molecule has 0 amide bonds. The zero-order valence-electron chi connectivity index (χ0n) is 11.5. The first-order valence-electron chi connectivity index (χ1n) is 6.87. The van der Waals surface area contributed by atoms with Gasteiger partial charge < -0.3 is 25.0 Å². The van der Waals surface area contributed by atoms with Crippen molar-refractivity contribution < 1.29 is 24.6 Å². The smallest absolute Gasteiger partial charge is 0.350 e. The third kappa shape index (κ3) is 1.97. The molecule has 0 bridgehead atoms. The summed E-state index contributed by atoms with van der Waals surface area (Å²) in [6, 6.07) is 2.89. The molecule has 2 atom stereocenters. The number of rotatable bonds is 3. The second kappa shape index (κ2) is 4.87. The molecule has 0 fully saturated rings. The van der Waals surface area contributed by atoms with Crippen LogP contribution in [0, 0.1) is 5.21 Å². The Morgan fingerprint density at radius 3 is 3.05 bits per heavy atom. The molecule has 0 aromatic heterocycles. The standard InChI is InChI=1S/C14H16NO6/c1-2-20-13(16)12-14(17)7-3-4-8-9(15(18)19)5-6-10(21-12)11(8)14/h5-6,12,17-18H,2-4,7H2,1H3/q-1. The molecule has 1 aromatic rings. The number of aliphatic hydroxyl groups is 1. The lowest BCUT2D eigenvalue weighted by Crippen LogP contribution is -2.46. The lowest BCUT2D eigenvalue weighted by molar-refractivity contribution is -0.163. The molecule has 1 aliphatic heterocycles. The lowest BCUT2D eigenvalue weighted by atomic mass is 9.76. The summed E-state index contributed by atoms with van der Waals surface area (Å²) in [5.41, 5.74) is -0.508. The van der Waals surface area contributed by atoms with Crippen molar-refractivity contribution in [2.75, 3.05) is 11.8 Å². The molecule has 0 radical (unpaired) electrons. The molecule has 2 N–H and O–H groups in total. The van der Waals surface area contributed by atoms with Crippen molar-refractivity contribution >= 4 is 11.7 Å². The molecule has 21 heavy (non-hydrogen) atoms. The van der Waals surface area contributed by atoms with Gasteiger partial charge in [0.05, 0.1) is 12.3 Å². The third-order valence-electron chi connectivity index (χ3n) is 4.05. The quantitative estimate of drug-likeness (QED) is 0.638. The zero-order chi connectivity index (χ0) is 15.2. The van der Waals surface area contributed by atoms with Gasteiger partial charge in [-0.1, -0.05) is 0 Å². The van der Waals surface area contributed by atoms with Gasteiger partial charge in [-0.05, 0) is 43.9 Å². The molecule has 1 aliphatic carbocycles. The predicted molar refractivity (Wildman–Crippen MR) is 72.0 cm³/mol. The van der Waals surface area contributed by atoms with E-state index in [1.807, 2.05) is 0 Å². The second-order valence-corrected chi connectivity index (χ2v) is 5.24. The van der Waals surface area contributed by atoms with Crippen molar-refractivity contribution in [1.82, 2.24) is 0 Å². The topological polar surface area (TPSA) is 102 Å². The van der Waals surface area contributed by atoms with E-state index in [0.717, 1.165) is 0 Å². The molecule has 7 nitrogen and oxygen atoms in total. The fourth-order valence-corrected chi connectivity index (χ4v) is 3.23. The third-order valence-corrected chi connectivity index (χ3v) is 4.05. The molecule has 114 valence electrons. The summed E-state index contributed by atoms with van der Waals surface area (Å²) < 4.78 is 10.5. The highest BCUT2D eigenvalue weighted by Crippen LogP contribution is 2.51. The van der Waals surface area contributed by atoms with Crippen molar-refractivity contribution in [2.45, 2.75) is 37.9 Å². The van der Waals surface area contributed by atoms with E-state index in [4.69, 9.17) is 9.47 Å². The molecule has 1 heterocycles. The number of ether oxygens (including phenoxy) is 2. The molecule has 0 spiro atoms. The van der Waals surface area contributed by atoms with E-state index < -0.39 is 17.7 Å². The van der Waals surface area contributed by atoms with Gasteiger partial charge in [-0.15, -0.1) is 0 Å². The van der Waals surface area contributed by atoms with Crippen molar-refractivity contribution in [1.29, 1.82) is 0 Å². The largest absolute Gasteiger partial charge is 0.733 e. The fourth-order valence-electron chi connectivity index (χ4n) is 3.23. The second-order valence-electron chi connectivity index (χ2n) is 5.24. The zero-order valence-corrected chi connectivity index (χ0v) is 11.5. The Bertz CT molecular complexity index is 587. The molecular weight excluding hydrogens is 278 g/mol. The van der Waals surface area contributed by atoms with Crippen LogP contribution in [0.2, 0.25) is 0 Å². The Labute approximate surface area is 121 Å². The monoisotopic (exact) mass is 294 g/mol. The SMILES string of the molecule is CCOC(=O)C1Oc2ccc(N([O-])O)c3c2C1(O)CCC3. The van der Waals surface area contributed by atoms with Crippen molar-refractivity contribution in [3.63, 3.8) is 0 Å². The average Bonchev–Trinajstić information content (AvgIpc) is 2.74. The summed E-state index contributed by atoms with van der Waals surface area (Å²) in [4.78, 5) is 12.0. The van der Waals surface area contributed by atoms with E-state index in [1.54, 1.807) is 6.92 Å². The van der Waals surface area contributed by atoms with Crippen LogP contribution in [0.4, 0.5) is 5.69 Å². The van der Waals surface area contributed by atoms with Gasteiger partial charge in [0.25, 0.3) is 0 Å². The summed E-state index contributed by atoms with van der Waals surface area (Å²) in [5.74, 6) is -0.274. The maximum absolute atomic E-state index is 12.0. The molecule has 1 aromatic carbocycles. The summed E-state index contributed by atoms with van der Waals surface area (Å²) in [6.07, 6.45) is 0.302. The van der Waals surface area contributed by atoms with Crippen LogP contribution in [0.3, 0.4) is 0 Å². The number of carbonyl (C=O) groups excluding carboxylic acids is 1. The van der Waals surface area contributed by atoms with E-state index in [9.17, 15) is 20.3 Å². The van der Waals surface area contributed by atoms with Crippen LogP contribution in [-0.2, 0) is 21.6 Å². The van der Waals surface area contributed by atoms with E-state index >= 15 is 0 Å². The number of hydrogen-bond donors (Lipinski definition) is 2. The Hall–Kier alpha value is -1.83. The van der Waals surface area contributed by atoms with Crippen LogP contribution in [0.25, 0.3) is 0 Å². The Morgan fingerprint density at radius 1 is 1.62 bits per heavy atom. The summed E-state index contributed by atoms with van der Waals surface area (Å²) in [6.45, 7) is 1.86. The first-order chi connectivity index (χ1) is 9.99. The number of anilines is 1. The summed E-state index contributed by atoms with van der Waals surface area (Å²) >= 11 is 0. The minimum Gasteiger partial charge on any atom is -0.733 e. The van der Waals surface area contributed by atoms with Crippen molar-refractivity contribution in [3.05, 3.63) is 28.5 Å². The van der Waals surface area contributed by atoms with Gasteiger partial charge in [-0.25, -0.2) is 4.79 Å². The molecule has 7 heteroatoms. The van der Waals surface area contributed by atoms with Crippen LogP contribution in [-0.4, -0.2) is 29.0 Å². The normalized spacial score (nSPS) is 26.0. The Morgan fingerprint density at radius 2 is 2.38 bits per heavy atom. The molecule has 0 saturated carbocycles. The van der Waals surface area contributed by atoms with Gasteiger partial charge in [0, 0.05) is 5.56 Å². The Balaban J connectivity index is 2.10. The first-order valence-corrected chi connectivity index (χ1v) is 6.87. The van der Waals surface area contributed by atoms with Gasteiger partial charge >= 0.3 is 5.97 Å². The van der Waals surface area contributed by atoms with E-state index in [0.29, 0.717) is 36.1 Å². The highest BCUT2D eigenvalue weighted by Gasteiger charge is 2.55. The molecule has 3 rings (SSSR count). The van der Waals surface area contributed by atoms with Gasteiger partial charge in [0.15, 0.2) is 0 Å². The van der Waals surface area contributed by atoms with E-state index in [-0.39, 0.29) is 17.5 Å². The highest BCUT2D eigenvalue weighted by molar-refractivity contribution is 5.80. The van der Waals surface area contributed by atoms with Crippen LogP contribution < -0.4 is 9.96 Å². The molecule has 0 saturated heterocycles. The number of esters is 1. The molecule has 2 unspecified atom stereocenters. The number of hydrogen-bond acceptors (Lipinski definition) is 7.